The van der Waals surface area contributed by atoms with E-state index in [0.717, 1.165) is 0 Å². The summed E-state index contributed by atoms with van der Waals surface area (Å²) in [5.74, 6) is -1.44. The number of hydrogen-bond donors (Lipinski definition) is 1. The second-order valence-corrected chi connectivity index (χ2v) is 6.84. The molecule has 0 fully saturated rings. The maximum atomic E-state index is 12.8. The van der Waals surface area contributed by atoms with E-state index in [1.54, 1.807) is 72.8 Å². The normalized spacial score (nSPS) is 11.1. The molecule has 0 heterocycles. The summed E-state index contributed by atoms with van der Waals surface area (Å²) in [5, 5.41) is 12.0. The van der Waals surface area contributed by atoms with Gasteiger partial charge in [-0.2, -0.15) is 5.26 Å². The predicted octanol–water partition coefficient (Wildman–Crippen LogP) is 4.61. The van der Waals surface area contributed by atoms with E-state index >= 15 is 0 Å². The Labute approximate surface area is 180 Å². The van der Waals surface area contributed by atoms with Crippen molar-refractivity contribution >= 4 is 23.3 Å². The lowest BCUT2D eigenvalue weighted by Gasteiger charge is -2.16. The number of ketones is 1. The third-order valence-electron chi connectivity index (χ3n) is 4.70. The zero-order chi connectivity index (χ0) is 22.4. The number of esters is 1. The zero-order valence-corrected chi connectivity index (χ0v) is 17.1. The molecule has 0 saturated carbocycles. The minimum Gasteiger partial charge on any atom is -0.449 e. The summed E-state index contributed by atoms with van der Waals surface area (Å²) in [5.41, 5.74) is 2.53. The molecule has 0 aliphatic rings. The molecule has 0 aromatic heterocycles. The Morgan fingerprint density at radius 1 is 0.871 bits per heavy atom. The largest absolute Gasteiger partial charge is 0.449 e. The van der Waals surface area contributed by atoms with Crippen molar-refractivity contribution in [1.82, 2.24) is 0 Å². The molecule has 1 atom stereocenters. The van der Waals surface area contributed by atoms with Crippen molar-refractivity contribution in [2.24, 2.45) is 0 Å². The number of rotatable bonds is 6. The molecule has 0 aliphatic heterocycles. The molecule has 6 nitrogen and oxygen atoms in total. The second-order valence-electron chi connectivity index (χ2n) is 6.84. The molecule has 3 rings (SSSR count). The highest BCUT2D eigenvalue weighted by atomic mass is 16.5. The first-order valence-electron chi connectivity index (χ1n) is 9.62. The minimum absolute atomic E-state index is 0.189. The molecule has 0 unspecified atom stereocenters. The number of nitriles is 1. The first-order chi connectivity index (χ1) is 14.9. The molecular weight excluding hydrogens is 392 g/mol. The molecule has 3 aromatic carbocycles. The van der Waals surface area contributed by atoms with Crippen LogP contribution in [0.1, 0.15) is 40.1 Å². The van der Waals surface area contributed by atoms with Gasteiger partial charge in [0, 0.05) is 11.1 Å². The highest BCUT2D eigenvalue weighted by Crippen LogP contribution is 2.27. The fourth-order valence-electron chi connectivity index (χ4n) is 3.12. The van der Waals surface area contributed by atoms with Gasteiger partial charge in [-0.3, -0.25) is 9.59 Å². The highest BCUT2D eigenvalue weighted by molar-refractivity contribution is 6.05. The minimum atomic E-state index is -1.10. The van der Waals surface area contributed by atoms with Crippen LogP contribution in [0.2, 0.25) is 0 Å². The number of Topliss-reactive ketones (excluding diaryl/α,β-unsaturated/α-hetero) is 1. The van der Waals surface area contributed by atoms with Gasteiger partial charge >= 0.3 is 5.97 Å². The van der Waals surface area contributed by atoms with Crippen LogP contribution in [0.5, 0.6) is 0 Å². The fourth-order valence-corrected chi connectivity index (χ4v) is 3.12. The summed E-state index contributed by atoms with van der Waals surface area (Å²) in [7, 11) is 0. The van der Waals surface area contributed by atoms with E-state index in [-0.39, 0.29) is 11.3 Å². The average molecular weight is 412 g/mol. The summed E-state index contributed by atoms with van der Waals surface area (Å²) < 4.78 is 5.39. The predicted molar refractivity (Wildman–Crippen MR) is 117 cm³/mol. The molecule has 0 spiro atoms. The molecule has 3 aromatic rings. The smallest absolute Gasteiger partial charge is 0.339 e. The highest BCUT2D eigenvalue weighted by Gasteiger charge is 2.23. The van der Waals surface area contributed by atoms with E-state index in [9.17, 15) is 19.6 Å². The Morgan fingerprint density at radius 3 is 2.13 bits per heavy atom. The van der Waals surface area contributed by atoms with E-state index in [1.165, 1.54) is 13.8 Å². The van der Waals surface area contributed by atoms with Crippen molar-refractivity contribution in [2.45, 2.75) is 20.0 Å². The van der Waals surface area contributed by atoms with Crippen molar-refractivity contribution in [3.8, 4) is 17.2 Å². The number of nitrogens with one attached hydrogen (secondary N) is 1. The third kappa shape index (κ3) is 4.85. The Hall–Kier alpha value is -4.24. The number of ether oxygens (including phenoxy) is 1. The number of benzene rings is 3. The quantitative estimate of drug-likeness (QED) is 0.471. The molecule has 1 amide bonds. The van der Waals surface area contributed by atoms with Gasteiger partial charge in [0.25, 0.3) is 5.91 Å². The number of carbonyl (C=O) groups is 3. The molecule has 154 valence electrons. The topological polar surface area (TPSA) is 96.3 Å². The van der Waals surface area contributed by atoms with Crippen molar-refractivity contribution in [3.63, 3.8) is 0 Å². The van der Waals surface area contributed by atoms with Gasteiger partial charge in [0.2, 0.25) is 0 Å². The molecule has 0 radical (unpaired) electrons. The van der Waals surface area contributed by atoms with Gasteiger partial charge in [0.15, 0.2) is 11.9 Å². The lowest BCUT2D eigenvalue weighted by atomic mass is 9.96. The molecule has 0 saturated heterocycles. The summed E-state index contributed by atoms with van der Waals surface area (Å²) in [6.45, 7) is 2.86. The SMILES string of the molecule is CC(=O)c1ccccc1NC(=O)[C@@H](C)OC(=O)c1ccccc1-c1ccccc1C#N. The van der Waals surface area contributed by atoms with Crippen LogP contribution in [0.15, 0.2) is 72.8 Å². The Bertz CT molecular complexity index is 1190. The summed E-state index contributed by atoms with van der Waals surface area (Å²) >= 11 is 0. The molecule has 6 heteroatoms. The number of anilines is 1. The van der Waals surface area contributed by atoms with Gasteiger partial charge in [0.05, 0.1) is 22.9 Å². The van der Waals surface area contributed by atoms with Gasteiger partial charge in [-0.1, -0.05) is 48.5 Å². The lowest BCUT2D eigenvalue weighted by molar-refractivity contribution is -0.123. The van der Waals surface area contributed by atoms with Crippen LogP contribution in [-0.2, 0) is 9.53 Å². The monoisotopic (exact) mass is 412 g/mol. The number of amides is 1. The van der Waals surface area contributed by atoms with Crippen LogP contribution in [-0.4, -0.2) is 23.8 Å². The van der Waals surface area contributed by atoms with Crippen molar-refractivity contribution < 1.29 is 19.1 Å². The van der Waals surface area contributed by atoms with E-state index in [2.05, 4.69) is 11.4 Å². The van der Waals surface area contributed by atoms with E-state index in [1.807, 2.05) is 0 Å². The number of para-hydroxylation sites is 1. The van der Waals surface area contributed by atoms with Crippen LogP contribution >= 0.6 is 0 Å². The summed E-state index contributed by atoms with van der Waals surface area (Å²) in [4.78, 5) is 37.2. The van der Waals surface area contributed by atoms with Gasteiger partial charge in [-0.25, -0.2) is 4.79 Å². The molecule has 0 bridgehead atoms. The van der Waals surface area contributed by atoms with Crippen molar-refractivity contribution in [1.29, 1.82) is 5.26 Å². The third-order valence-corrected chi connectivity index (χ3v) is 4.70. The number of carbonyl (C=O) groups excluding carboxylic acids is 3. The lowest BCUT2D eigenvalue weighted by Crippen LogP contribution is -2.30. The van der Waals surface area contributed by atoms with Gasteiger partial charge < -0.3 is 10.1 Å². The van der Waals surface area contributed by atoms with E-state index in [0.29, 0.717) is 27.9 Å². The van der Waals surface area contributed by atoms with Gasteiger partial charge in [0.1, 0.15) is 0 Å². The summed E-state index contributed by atoms with van der Waals surface area (Å²) in [6.07, 6.45) is -1.10. The standard InChI is InChI=1S/C25H20N2O4/c1-16(28)19-10-7-8-14-23(19)27-24(29)17(2)31-25(30)22-13-6-5-12-21(22)20-11-4-3-9-18(20)15-26/h3-14,17H,1-2H3,(H,27,29)/t17-/m1/s1. The maximum Gasteiger partial charge on any atom is 0.339 e. The van der Waals surface area contributed by atoms with Gasteiger partial charge in [-0.15, -0.1) is 0 Å². The van der Waals surface area contributed by atoms with E-state index in [4.69, 9.17) is 4.74 Å². The fraction of sp³-hybridized carbons (Fsp3) is 0.120. The Morgan fingerprint density at radius 2 is 1.45 bits per heavy atom. The Balaban J connectivity index is 1.81. The summed E-state index contributed by atoms with van der Waals surface area (Å²) in [6, 6.07) is 22.4. The molecule has 1 N–H and O–H groups in total. The first-order valence-corrected chi connectivity index (χ1v) is 9.62. The average Bonchev–Trinajstić information content (AvgIpc) is 2.79. The maximum absolute atomic E-state index is 12.8. The van der Waals surface area contributed by atoms with Crippen LogP contribution < -0.4 is 5.32 Å². The molecular formula is C25H20N2O4. The second kappa shape index (κ2) is 9.51. The van der Waals surface area contributed by atoms with E-state index < -0.39 is 18.0 Å². The van der Waals surface area contributed by atoms with Crippen LogP contribution in [0.3, 0.4) is 0 Å². The van der Waals surface area contributed by atoms with Crippen molar-refractivity contribution in [2.75, 3.05) is 5.32 Å². The Kier molecular flexibility index (Phi) is 6.58. The van der Waals surface area contributed by atoms with Crippen LogP contribution in [0.4, 0.5) is 5.69 Å². The van der Waals surface area contributed by atoms with Crippen LogP contribution in [0.25, 0.3) is 11.1 Å². The number of nitrogens with zero attached hydrogens (tertiary/aromatic N) is 1. The van der Waals surface area contributed by atoms with Crippen molar-refractivity contribution in [3.05, 3.63) is 89.5 Å². The van der Waals surface area contributed by atoms with Gasteiger partial charge in [-0.05, 0) is 43.7 Å². The number of hydrogen-bond acceptors (Lipinski definition) is 5. The molecule has 31 heavy (non-hydrogen) atoms. The molecule has 0 aliphatic carbocycles. The first kappa shape index (κ1) is 21.5. The zero-order valence-electron chi connectivity index (χ0n) is 17.1. The van der Waals surface area contributed by atoms with Crippen LogP contribution in [0, 0.1) is 11.3 Å².